The number of hydrazine groups is 2. The van der Waals surface area contributed by atoms with Gasteiger partial charge in [-0.2, -0.15) is 5.53 Å². The Morgan fingerprint density at radius 2 is 1.59 bits per heavy atom. The van der Waals surface area contributed by atoms with E-state index < -0.39 is 23.5 Å². The Labute approximate surface area is 185 Å². The zero-order valence-electron chi connectivity index (χ0n) is 17.2. The third-order valence-electron chi connectivity index (χ3n) is 4.69. The molecule has 1 heterocycles. The number of carbonyl (C=O) groups excluding carboxylic acids is 2. The van der Waals surface area contributed by atoms with Crippen molar-refractivity contribution in [2.75, 3.05) is 5.73 Å². The van der Waals surface area contributed by atoms with Gasteiger partial charge in [-0.05, 0) is 67.3 Å². The zero-order valence-corrected chi connectivity index (χ0v) is 17.2. The predicted octanol–water partition coefficient (Wildman–Crippen LogP) is -0.539. The smallest absolute Gasteiger partial charge is 0.252 e. The van der Waals surface area contributed by atoms with Crippen LogP contribution in [0.15, 0.2) is 60.4 Å². The number of nitrogens with one attached hydrogen (secondary N) is 4. The summed E-state index contributed by atoms with van der Waals surface area (Å²) < 4.78 is 0. The van der Waals surface area contributed by atoms with Crippen LogP contribution in [0.4, 0.5) is 5.69 Å². The second-order valence-electron chi connectivity index (χ2n) is 7.11. The van der Waals surface area contributed by atoms with Gasteiger partial charge in [0.15, 0.2) is 0 Å². The first-order valence-corrected chi connectivity index (χ1v) is 9.55. The molecule has 2 atom stereocenters. The maximum absolute atomic E-state index is 12.6. The van der Waals surface area contributed by atoms with Crippen molar-refractivity contribution in [3.05, 3.63) is 77.1 Å². The van der Waals surface area contributed by atoms with Crippen LogP contribution < -0.4 is 33.2 Å². The lowest BCUT2D eigenvalue weighted by Crippen LogP contribution is -2.60. The molecule has 0 unspecified atom stereocenters. The fraction of sp³-hybridized carbons (Fsp3) is 0.130. The number of benzene rings is 2. The van der Waals surface area contributed by atoms with Crippen molar-refractivity contribution in [1.82, 2.24) is 21.7 Å². The summed E-state index contributed by atoms with van der Waals surface area (Å²) in [5, 5.41) is 13.2. The van der Waals surface area contributed by atoms with Crippen LogP contribution in [0.25, 0.3) is 0 Å². The minimum Gasteiger partial charge on any atom is -0.399 e. The Morgan fingerprint density at radius 3 is 2.09 bits per heavy atom. The monoisotopic (exact) mass is 430 g/mol. The topological polar surface area (TPSA) is 155 Å². The molecule has 0 radical (unpaired) electrons. The molecule has 0 aliphatic carbocycles. The Bertz CT molecular complexity index is 1160. The molecule has 0 aromatic heterocycles. The van der Waals surface area contributed by atoms with Crippen LogP contribution in [-0.4, -0.2) is 28.6 Å². The first-order chi connectivity index (χ1) is 15.3. The fourth-order valence-electron chi connectivity index (χ4n) is 2.86. The Morgan fingerprint density at radius 1 is 1.03 bits per heavy atom. The molecule has 2 aromatic rings. The maximum Gasteiger partial charge on any atom is 0.252 e. The van der Waals surface area contributed by atoms with Crippen molar-refractivity contribution in [3.63, 3.8) is 0 Å². The van der Waals surface area contributed by atoms with Crippen LogP contribution >= 0.6 is 0 Å². The molecule has 9 heteroatoms. The summed E-state index contributed by atoms with van der Waals surface area (Å²) in [6.45, 7) is 1.36. The molecule has 0 saturated heterocycles. The van der Waals surface area contributed by atoms with E-state index in [9.17, 15) is 14.7 Å². The normalized spacial score (nSPS) is 14.6. The number of amides is 2. The average molecular weight is 430 g/mol. The zero-order chi connectivity index (χ0) is 23.1. The number of hydrogen-bond donors (Lipinski definition) is 7. The molecule has 162 valence electrons. The summed E-state index contributed by atoms with van der Waals surface area (Å²) in [6.07, 6.45) is 1.42. The number of nitrogens with two attached hydrogens (primary N) is 2. The Balaban J connectivity index is 1.67. The van der Waals surface area contributed by atoms with Crippen molar-refractivity contribution in [2.24, 2.45) is 5.73 Å². The minimum absolute atomic E-state index is 0.243. The van der Waals surface area contributed by atoms with Crippen molar-refractivity contribution >= 4 is 17.5 Å². The number of aliphatic hydroxyl groups is 1. The highest BCUT2D eigenvalue weighted by molar-refractivity contribution is 5.98. The van der Waals surface area contributed by atoms with E-state index in [1.54, 1.807) is 48.5 Å². The number of anilines is 1. The molecule has 2 amide bonds. The van der Waals surface area contributed by atoms with Gasteiger partial charge in [0.25, 0.3) is 5.91 Å². The number of primary amides is 1. The molecule has 0 fully saturated rings. The van der Waals surface area contributed by atoms with E-state index in [-0.39, 0.29) is 11.3 Å². The lowest BCUT2D eigenvalue weighted by Gasteiger charge is -2.31. The SMILES string of the molecule is C[C@](O)(C1=CNNN1)[C@H](NC(=O)c1ccc(C#CC#Cc2ccc(N)cc2)cc1)C(N)=O. The molecule has 1 aliphatic heterocycles. The Kier molecular flexibility index (Phi) is 6.66. The van der Waals surface area contributed by atoms with Crippen LogP contribution in [0.2, 0.25) is 0 Å². The summed E-state index contributed by atoms with van der Waals surface area (Å²) in [5.74, 6) is 9.85. The van der Waals surface area contributed by atoms with E-state index in [2.05, 4.69) is 45.4 Å². The summed E-state index contributed by atoms with van der Waals surface area (Å²) in [6, 6.07) is 12.2. The van der Waals surface area contributed by atoms with Crippen LogP contribution in [0, 0.1) is 23.7 Å². The molecule has 1 aliphatic rings. The standard InChI is InChI=1S/C23H22N6O3/c1-23(32,19-14-26-29-28-19)20(21(25)30)27-22(31)17-10-6-15(7-11-17)4-2-3-5-16-8-12-18(24)13-9-16/h6-14,20,26,28-29,32H,24H2,1H3,(H2,25,30)(H,27,31)/t20-,23+/m1/s1. The highest BCUT2D eigenvalue weighted by atomic mass is 16.3. The van der Waals surface area contributed by atoms with Gasteiger partial charge in [0, 0.05) is 28.6 Å². The van der Waals surface area contributed by atoms with Crippen LogP contribution in [0.5, 0.6) is 0 Å². The largest absolute Gasteiger partial charge is 0.399 e. The summed E-state index contributed by atoms with van der Waals surface area (Å²) in [5.41, 5.74) is 19.7. The molecule has 3 rings (SSSR count). The molecule has 9 nitrogen and oxygen atoms in total. The van der Waals surface area contributed by atoms with Gasteiger partial charge in [0.1, 0.15) is 11.6 Å². The van der Waals surface area contributed by atoms with Crippen LogP contribution in [0.1, 0.15) is 28.4 Å². The number of carbonyl (C=O) groups is 2. The molecule has 0 saturated carbocycles. The molecular weight excluding hydrogens is 408 g/mol. The van der Waals surface area contributed by atoms with Gasteiger partial charge in [-0.1, -0.05) is 11.8 Å². The third kappa shape index (κ3) is 5.37. The van der Waals surface area contributed by atoms with E-state index >= 15 is 0 Å². The van der Waals surface area contributed by atoms with Crippen molar-refractivity contribution in [3.8, 4) is 23.7 Å². The van der Waals surface area contributed by atoms with E-state index in [4.69, 9.17) is 11.5 Å². The number of rotatable bonds is 5. The van der Waals surface area contributed by atoms with Gasteiger partial charge >= 0.3 is 0 Å². The summed E-state index contributed by atoms with van der Waals surface area (Å²) in [4.78, 5) is 24.5. The lowest BCUT2D eigenvalue weighted by atomic mass is 9.92. The highest BCUT2D eigenvalue weighted by Gasteiger charge is 2.42. The average Bonchev–Trinajstić information content (AvgIpc) is 3.32. The predicted molar refractivity (Wildman–Crippen MR) is 120 cm³/mol. The highest BCUT2D eigenvalue weighted by Crippen LogP contribution is 2.20. The molecule has 9 N–H and O–H groups in total. The van der Waals surface area contributed by atoms with Crippen molar-refractivity contribution in [1.29, 1.82) is 0 Å². The maximum atomic E-state index is 12.6. The van der Waals surface area contributed by atoms with Gasteiger partial charge in [-0.3, -0.25) is 9.59 Å². The molecule has 0 bridgehead atoms. The molecular formula is C23H22N6O3. The summed E-state index contributed by atoms with van der Waals surface area (Å²) >= 11 is 0. The van der Waals surface area contributed by atoms with Crippen LogP contribution in [-0.2, 0) is 4.79 Å². The second-order valence-corrected chi connectivity index (χ2v) is 7.11. The summed E-state index contributed by atoms with van der Waals surface area (Å²) in [7, 11) is 0. The van der Waals surface area contributed by atoms with Gasteiger partial charge < -0.3 is 32.7 Å². The second kappa shape index (κ2) is 9.58. The molecule has 0 spiro atoms. The van der Waals surface area contributed by atoms with E-state index in [0.29, 0.717) is 11.3 Å². The quantitative estimate of drug-likeness (QED) is 0.248. The minimum atomic E-state index is -1.77. The molecule has 32 heavy (non-hydrogen) atoms. The van der Waals surface area contributed by atoms with E-state index in [1.165, 1.54) is 13.1 Å². The first-order valence-electron chi connectivity index (χ1n) is 9.55. The molecule has 2 aromatic carbocycles. The van der Waals surface area contributed by atoms with Gasteiger partial charge in [-0.15, -0.1) is 0 Å². The van der Waals surface area contributed by atoms with E-state index in [0.717, 1.165) is 5.56 Å². The van der Waals surface area contributed by atoms with Gasteiger partial charge in [-0.25, -0.2) is 0 Å². The van der Waals surface area contributed by atoms with Crippen molar-refractivity contribution in [2.45, 2.75) is 18.6 Å². The number of hydrogen-bond acceptors (Lipinski definition) is 7. The third-order valence-corrected chi connectivity index (χ3v) is 4.69. The van der Waals surface area contributed by atoms with Gasteiger partial charge in [0.05, 0.1) is 5.70 Å². The number of nitrogen functional groups attached to an aromatic ring is 1. The van der Waals surface area contributed by atoms with Gasteiger partial charge in [0.2, 0.25) is 5.91 Å². The first kappa shape index (κ1) is 22.2. The Hall–Kier alpha value is -4.44. The van der Waals surface area contributed by atoms with E-state index in [1.807, 2.05) is 0 Å². The van der Waals surface area contributed by atoms with Crippen LogP contribution in [0.3, 0.4) is 0 Å². The fourth-order valence-corrected chi connectivity index (χ4v) is 2.86. The lowest BCUT2D eigenvalue weighted by molar-refractivity contribution is -0.124. The van der Waals surface area contributed by atoms with Crippen molar-refractivity contribution < 1.29 is 14.7 Å².